The summed E-state index contributed by atoms with van der Waals surface area (Å²) < 4.78 is 13.8. The maximum absolute atomic E-state index is 13.8. The summed E-state index contributed by atoms with van der Waals surface area (Å²) >= 11 is 0. The molecule has 0 aliphatic carbocycles. The smallest absolute Gasteiger partial charge is 0.170 e. The number of ketones is 1. The lowest BCUT2D eigenvalue weighted by atomic mass is 9.88. The molecule has 0 N–H and O–H groups in total. The Hall–Kier alpha value is -1.96. The molecule has 2 rings (SSSR count). The average molecular weight is 242 g/mol. The van der Waals surface area contributed by atoms with E-state index in [1.54, 1.807) is 30.3 Å². The lowest BCUT2D eigenvalue weighted by Crippen LogP contribution is -2.13. The van der Waals surface area contributed by atoms with Gasteiger partial charge in [0.2, 0.25) is 0 Å². The van der Waals surface area contributed by atoms with E-state index in [-0.39, 0.29) is 11.6 Å². The zero-order valence-corrected chi connectivity index (χ0v) is 10.3. The summed E-state index contributed by atoms with van der Waals surface area (Å²) in [7, 11) is 0. The van der Waals surface area contributed by atoms with E-state index in [0.29, 0.717) is 17.5 Å². The molecule has 0 amide bonds. The van der Waals surface area contributed by atoms with Gasteiger partial charge in [0, 0.05) is 11.5 Å². The number of benzene rings is 2. The number of halogens is 1. The quantitative estimate of drug-likeness (QED) is 0.734. The first-order valence-electron chi connectivity index (χ1n) is 6.07. The SMILES string of the molecule is CCC(C(=O)c1ccccc1)c1ccccc1F. The molecule has 0 spiro atoms. The molecule has 0 radical (unpaired) electrons. The largest absolute Gasteiger partial charge is 0.293 e. The Bertz CT molecular complexity index is 534. The number of carbonyl (C=O) groups excluding carboxylic acids is 1. The van der Waals surface area contributed by atoms with E-state index in [1.165, 1.54) is 6.07 Å². The second-order valence-electron chi connectivity index (χ2n) is 4.21. The molecule has 2 heteroatoms. The highest BCUT2D eigenvalue weighted by Gasteiger charge is 2.22. The first-order valence-corrected chi connectivity index (χ1v) is 6.07. The van der Waals surface area contributed by atoms with Crippen LogP contribution in [0.4, 0.5) is 4.39 Å². The van der Waals surface area contributed by atoms with Crippen molar-refractivity contribution >= 4 is 5.78 Å². The Morgan fingerprint density at radius 2 is 1.67 bits per heavy atom. The number of Topliss-reactive ketones (excluding diaryl/α,β-unsaturated/α-hetero) is 1. The van der Waals surface area contributed by atoms with E-state index < -0.39 is 5.92 Å². The Kier molecular flexibility index (Phi) is 3.88. The van der Waals surface area contributed by atoms with E-state index in [9.17, 15) is 9.18 Å². The molecule has 1 atom stereocenters. The fraction of sp³-hybridized carbons (Fsp3) is 0.188. The molecule has 0 saturated carbocycles. The average Bonchev–Trinajstić information content (AvgIpc) is 2.42. The third-order valence-electron chi connectivity index (χ3n) is 3.06. The van der Waals surface area contributed by atoms with Crippen LogP contribution in [0.25, 0.3) is 0 Å². The maximum Gasteiger partial charge on any atom is 0.170 e. The zero-order chi connectivity index (χ0) is 13.0. The van der Waals surface area contributed by atoms with Crippen molar-refractivity contribution in [3.8, 4) is 0 Å². The molecule has 0 aliphatic rings. The Morgan fingerprint density at radius 1 is 1.06 bits per heavy atom. The Balaban J connectivity index is 2.36. The third kappa shape index (κ3) is 2.48. The predicted molar refractivity (Wildman–Crippen MR) is 70.2 cm³/mol. The van der Waals surface area contributed by atoms with E-state index in [1.807, 2.05) is 25.1 Å². The van der Waals surface area contributed by atoms with Gasteiger partial charge in [-0.05, 0) is 18.1 Å². The van der Waals surface area contributed by atoms with Crippen LogP contribution in [0.15, 0.2) is 54.6 Å². The first-order chi connectivity index (χ1) is 8.74. The molecular weight excluding hydrogens is 227 g/mol. The number of rotatable bonds is 4. The van der Waals surface area contributed by atoms with Crippen LogP contribution in [0.1, 0.15) is 35.2 Å². The topological polar surface area (TPSA) is 17.1 Å². The molecular formula is C16H15FO. The molecule has 92 valence electrons. The normalized spacial score (nSPS) is 12.1. The lowest BCUT2D eigenvalue weighted by Gasteiger charge is -2.15. The molecule has 1 nitrogen and oxygen atoms in total. The number of carbonyl (C=O) groups is 1. The lowest BCUT2D eigenvalue weighted by molar-refractivity contribution is 0.0955. The molecule has 0 bridgehead atoms. The van der Waals surface area contributed by atoms with Gasteiger partial charge in [-0.2, -0.15) is 0 Å². The van der Waals surface area contributed by atoms with E-state index in [2.05, 4.69) is 0 Å². The monoisotopic (exact) mass is 242 g/mol. The molecule has 0 heterocycles. The van der Waals surface area contributed by atoms with Gasteiger partial charge in [0.15, 0.2) is 5.78 Å². The van der Waals surface area contributed by atoms with Gasteiger partial charge in [-0.1, -0.05) is 55.5 Å². The van der Waals surface area contributed by atoms with Gasteiger partial charge in [0.05, 0.1) is 0 Å². The molecule has 0 fully saturated rings. The summed E-state index contributed by atoms with van der Waals surface area (Å²) in [6.45, 7) is 1.90. The van der Waals surface area contributed by atoms with Crippen LogP contribution in [-0.2, 0) is 0 Å². The van der Waals surface area contributed by atoms with Gasteiger partial charge in [-0.15, -0.1) is 0 Å². The molecule has 1 unspecified atom stereocenters. The highest BCUT2D eigenvalue weighted by atomic mass is 19.1. The zero-order valence-electron chi connectivity index (χ0n) is 10.3. The molecule has 0 aliphatic heterocycles. The standard InChI is InChI=1S/C16H15FO/c1-2-13(14-10-6-7-11-15(14)17)16(18)12-8-4-3-5-9-12/h3-11,13H,2H2,1H3. The third-order valence-corrected chi connectivity index (χ3v) is 3.06. The molecule has 2 aromatic carbocycles. The van der Waals surface area contributed by atoms with Gasteiger partial charge in [-0.25, -0.2) is 4.39 Å². The summed E-state index contributed by atoms with van der Waals surface area (Å²) in [6.07, 6.45) is 0.592. The maximum atomic E-state index is 13.8. The van der Waals surface area contributed by atoms with E-state index in [4.69, 9.17) is 0 Å². The van der Waals surface area contributed by atoms with E-state index in [0.717, 1.165) is 0 Å². The van der Waals surface area contributed by atoms with Crippen LogP contribution in [0.3, 0.4) is 0 Å². The molecule has 18 heavy (non-hydrogen) atoms. The summed E-state index contributed by atoms with van der Waals surface area (Å²) in [5.74, 6) is -0.745. The summed E-state index contributed by atoms with van der Waals surface area (Å²) in [5.41, 5.74) is 1.11. The van der Waals surface area contributed by atoms with Crippen molar-refractivity contribution < 1.29 is 9.18 Å². The Morgan fingerprint density at radius 3 is 2.28 bits per heavy atom. The van der Waals surface area contributed by atoms with Gasteiger partial charge < -0.3 is 0 Å². The van der Waals surface area contributed by atoms with E-state index >= 15 is 0 Å². The van der Waals surface area contributed by atoms with Crippen LogP contribution < -0.4 is 0 Å². The summed E-state index contributed by atoms with van der Waals surface area (Å²) in [4.78, 5) is 12.4. The molecule has 0 saturated heterocycles. The summed E-state index contributed by atoms with van der Waals surface area (Å²) in [6, 6.07) is 15.5. The van der Waals surface area contributed by atoms with Gasteiger partial charge in [0.1, 0.15) is 5.82 Å². The van der Waals surface area contributed by atoms with Crippen LogP contribution in [0.2, 0.25) is 0 Å². The fourth-order valence-electron chi connectivity index (χ4n) is 2.11. The van der Waals surface area contributed by atoms with Crippen molar-refractivity contribution in [3.63, 3.8) is 0 Å². The summed E-state index contributed by atoms with van der Waals surface area (Å²) in [5, 5.41) is 0. The highest BCUT2D eigenvalue weighted by Crippen LogP contribution is 2.26. The first kappa shape index (κ1) is 12.5. The van der Waals surface area contributed by atoms with Gasteiger partial charge in [-0.3, -0.25) is 4.79 Å². The second kappa shape index (κ2) is 5.58. The van der Waals surface area contributed by atoms with Crippen LogP contribution in [0, 0.1) is 5.82 Å². The highest BCUT2D eigenvalue weighted by molar-refractivity contribution is 6.00. The minimum Gasteiger partial charge on any atom is -0.293 e. The molecule has 2 aromatic rings. The van der Waals surface area contributed by atoms with Crippen molar-refractivity contribution in [2.24, 2.45) is 0 Å². The van der Waals surface area contributed by atoms with Crippen molar-refractivity contribution in [1.29, 1.82) is 0 Å². The minimum absolute atomic E-state index is 0.0248. The van der Waals surface area contributed by atoms with Crippen LogP contribution in [0.5, 0.6) is 0 Å². The fourth-order valence-corrected chi connectivity index (χ4v) is 2.11. The van der Waals surface area contributed by atoms with Crippen molar-refractivity contribution in [1.82, 2.24) is 0 Å². The van der Waals surface area contributed by atoms with Gasteiger partial charge >= 0.3 is 0 Å². The Labute approximate surface area is 106 Å². The second-order valence-corrected chi connectivity index (χ2v) is 4.21. The number of hydrogen-bond donors (Lipinski definition) is 0. The van der Waals surface area contributed by atoms with Gasteiger partial charge in [0.25, 0.3) is 0 Å². The van der Waals surface area contributed by atoms with Crippen LogP contribution in [-0.4, -0.2) is 5.78 Å². The molecule has 0 aromatic heterocycles. The number of hydrogen-bond acceptors (Lipinski definition) is 1. The minimum atomic E-state index is -0.409. The van der Waals surface area contributed by atoms with Crippen molar-refractivity contribution in [3.05, 3.63) is 71.5 Å². The predicted octanol–water partition coefficient (Wildman–Crippen LogP) is 4.20. The van der Waals surface area contributed by atoms with Crippen LogP contribution >= 0.6 is 0 Å². The van der Waals surface area contributed by atoms with Crippen molar-refractivity contribution in [2.45, 2.75) is 19.3 Å². The van der Waals surface area contributed by atoms with Crippen molar-refractivity contribution in [2.75, 3.05) is 0 Å².